The van der Waals surface area contributed by atoms with Gasteiger partial charge in [0.1, 0.15) is 25.3 Å². The molecule has 2 unspecified atom stereocenters. The highest BCUT2D eigenvalue weighted by molar-refractivity contribution is 7.15. The Morgan fingerprint density at radius 1 is 0.828 bits per heavy atom. The first-order valence-electron chi connectivity index (χ1n) is 19.4. The van der Waals surface area contributed by atoms with Crippen LogP contribution in [0.1, 0.15) is 53.1 Å². The zero-order valence-corrected chi connectivity index (χ0v) is 34.6. The molecule has 24 heteroatoms. The number of thiazole rings is 1. The third-order valence-electron chi connectivity index (χ3n) is 10.2. The monoisotopic (exact) mass is 899 g/mol. The Bertz CT molecular complexity index is 2740. The van der Waals surface area contributed by atoms with Crippen LogP contribution in [0.5, 0.6) is 0 Å². The van der Waals surface area contributed by atoms with Crippen molar-refractivity contribution in [1.82, 2.24) is 45.4 Å². The van der Waals surface area contributed by atoms with Crippen molar-refractivity contribution >= 4 is 46.0 Å². The van der Waals surface area contributed by atoms with Crippen LogP contribution in [0.4, 0.5) is 35.9 Å². The third-order valence-corrected chi connectivity index (χ3v) is 11.3. The number of nitro benzene ring substituents is 1. The number of fused-ring (bicyclic) bond motifs is 2. The van der Waals surface area contributed by atoms with Crippen molar-refractivity contribution in [3.63, 3.8) is 0 Å². The second kappa shape index (κ2) is 18.4. The van der Waals surface area contributed by atoms with Crippen LogP contribution in [0.2, 0.25) is 0 Å². The summed E-state index contributed by atoms with van der Waals surface area (Å²) in [6.45, 7) is 6.37. The summed E-state index contributed by atoms with van der Waals surface area (Å²) in [6, 6.07) is 18.7. The van der Waals surface area contributed by atoms with Crippen LogP contribution in [-0.4, -0.2) is 88.6 Å². The van der Waals surface area contributed by atoms with Crippen LogP contribution in [0, 0.1) is 10.1 Å². The Morgan fingerprint density at radius 3 is 1.89 bits per heavy atom. The van der Waals surface area contributed by atoms with Gasteiger partial charge in [0, 0.05) is 36.7 Å². The van der Waals surface area contributed by atoms with Gasteiger partial charge in [0.2, 0.25) is 11.9 Å². The van der Waals surface area contributed by atoms with Crippen LogP contribution >= 0.6 is 11.3 Å². The molecule has 2 atom stereocenters. The number of nitrogens with zero attached hydrogens (tertiary/aromatic N) is 11. The average Bonchev–Trinajstić information content (AvgIpc) is 4.09. The summed E-state index contributed by atoms with van der Waals surface area (Å²) in [6.07, 6.45) is -3.00. The molecule has 6 aromatic rings. The van der Waals surface area contributed by atoms with Gasteiger partial charge in [-0.1, -0.05) is 82.2 Å². The molecule has 6 heterocycles. The van der Waals surface area contributed by atoms with Crippen molar-refractivity contribution < 1.29 is 41.9 Å². The van der Waals surface area contributed by atoms with E-state index in [9.17, 15) is 32.9 Å². The number of nitrogens with one attached hydrogen (secondary N) is 2. The van der Waals surface area contributed by atoms with E-state index < -0.39 is 46.4 Å². The predicted molar refractivity (Wildman–Crippen MR) is 220 cm³/mol. The lowest BCUT2D eigenvalue weighted by atomic mass is 9.93. The van der Waals surface area contributed by atoms with Gasteiger partial charge in [-0.3, -0.25) is 10.1 Å². The number of anilines is 3. The Balaban J connectivity index is 0.000000175. The van der Waals surface area contributed by atoms with Crippen molar-refractivity contribution in [2.24, 2.45) is 0 Å². The molecule has 3 aliphatic heterocycles. The first kappa shape index (κ1) is 43.1. The molecular formula is C40H36F3N13O7S. The molecular weight excluding hydrogens is 864 g/mol. The second-order valence-electron chi connectivity index (χ2n) is 14.3. The zero-order valence-electron chi connectivity index (χ0n) is 33.8. The molecule has 1 fully saturated rings. The lowest BCUT2D eigenvalue weighted by molar-refractivity contribution is -0.386. The van der Waals surface area contributed by atoms with Crippen LogP contribution in [0.25, 0.3) is 0 Å². The number of carbonyl (C=O) groups is 2. The molecule has 3 aromatic heterocycles. The molecule has 9 rings (SSSR count). The normalized spacial score (nSPS) is 17.0. The number of hydrogen-bond acceptors (Lipinski definition) is 18. The summed E-state index contributed by atoms with van der Waals surface area (Å²) in [4.78, 5) is 44.6. The quantitative estimate of drug-likeness (QED) is 0.0963. The van der Waals surface area contributed by atoms with Crippen LogP contribution in [0.15, 0.2) is 108 Å². The maximum absolute atomic E-state index is 13.2. The zero-order chi connectivity index (χ0) is 45.0. The fourth-order valence-corrected chi connectivity index (χ4v) is 8.18. The van der Waals surface area contributed by atoms with Crippen molar-refractivity contribution in [1.29, 1.82) is 0 Å². The predicted octanol–water partition coefficient (Wildman–Crippen LogP) is 5.63. The summed E-state index contributed by atoms with van der Waals surface area (Å²) in [5, 5.41) is 41.5. The van der Waals surface area contributed by atoms with E-state index in [-0.39, 0.29) is 36.0 Å². The number of nitro groups is 1. The van der Waals surface area contributed by atoms with Gasteiger partial charge in [-0.15, -0.1) is 0 Å². The maximum Gasteiger partial charge on any atom is 0.416 e. The van der Waals surface area contributed by atoms with Gasteiger partial charge in [-0.25, -0.2) is 14.6 Å². The van der Waals surface area contributed by atoms with Crippen LogP contribution in [0.3, 0.4) is 0 Å². The van der Waals surface area contributed by atoms with Crippen molar-refractivity contribution in [2.45, 2.75) is 45.3 Å². The van der Waals surface area contributed by atoms with Crippen LogP contribution < -0.4 is 15.5 Å². The van der Waals surface area contributed by atoms with Gasteiger partial charge in [0.25, 0.3) is 5.69 Å². The van der Waals surface area contributed by atoms with Crippen molar-refractivity contribution in [2.75, 3.05) is 41.8 Å². The third kappa shape index (κ3) is 9.12. The molecule has 3 aliphatic rings. The van der Waals surface area contributed by atoms with Gasteiger partial charge in [0.05, 0.1) is 45.3 Å². The number of tetrazole rings is 2. The molecule has 20 nitrogen and oxygen atoms in total. The topological polar surface area (TPSA) is 232 Å². The minimum atomic E-state index is -4.79. The number of hydrogen-bond donors (Lipinski definition) is 2. The van der Waals surface area contributed by atoms with Crippen molar-refractivity contribution in [3.8, 4) is 0 Å². The van der Waals surface area contributed by atoms with E-state index in [0.717, 1.165) is 39.4 Å². The van der Waals surface area contributed by atoms with Crippen molar-refractivity contribution in [3.05, 3.63) is 145 Å². The van der Waals surface area contributed by atoms with E-state index in [2.05, 4.69) is 51.6 Å². The maximum atomic E-state index is 13.2. The largest absolute Gasteiger partial charge is 0.457 e. The number of halogens is 3. The summed E-state index contributed by atoms with van der Waals surface area (Å²) < 4.78 is 58.7. The number of rotatable bonds is 10. The highest BCUT2D eigenvalue weighted by Gasteiger charge is 2.41. The second-order valence-corrected chi connectivity index (χ2v) is 15.4. The average molecular weight is 900 g/mol. The molecule has 330 valence electrons. The van der Waals surface area contributed by atoms with E-state index >= 15 is 0 Å². The number of alkyl halides is 3. The van der Waals surface area contributed by atoms with E-state index in [1.54, 1.807) is 41.2 Å². The lowest BCUT2D eigenvalue weighted by Gasteiger charge is -2.27. The first-order valence-corrected chi connectivity index (χ1v) is 20.3. The number of allylic oxidation sites excluding steroid dienone is 2. The number of benzene rings is 3. The molecule has 0 aliphatic carbocycles. The summed E-state index contributed by atoms with van der Waals surface area (Å²) in [5.74, 6) is -0.708. The van der Waals surface area contributed by atoms with E-state index in [0.29, 0.717) is 48.1 Å². The Morgan fingerprint density at radius 2 is 1.36 bits per heavy atom. The first-order chi connectivity index (χ1) is 30.9. The van der Waals surface area contributed by atoms with Gasteiger partial charge >= 0.3 is 18.1 Å². The number of aromatic nitrogens is 9. The van der Waals surface area contributed by atoms with Crippen LogP contribution in [-0.2, 0) is 43.2 Å². The molecule has 0 radical (unpaired) electrons. The summed E-state index contributed by atoms with van der Waals surface area (Å²) in [5.41, 5.74) is 0.687. The minimum Gasteiger partial charge on any atom is -0.457 e. The van der Waals surface area contributed by atoms with E-state index in [1.807, 2.05) is 37.3 Å². The number of esters is 2. The van der Waals surface area contributed by atoms with Gasteiger partial charge in [-0.05, 0) is 58.0 Å². The lowest BCUT2D eigenvalue weighted by Crippen LogP contribution is -2.36. The summed E-state index contributed by atoms with van der Waals surface area (Å²) in [7, 11) is 0. The smallest absolute Gasteiger partial charge is 0.416 e. The molecule has 1 saturated heterocycles. The highest BCUT2D eigenvalue weighted by atomic mass is 32.1. The SMILES string of the molecule is CC1=C(C(=O)OCc2ccccc2)C(c2ccc(C(F)(F)F)cc2[N+](=O)[O-])n2nnnc2N1.CC1=C(C(=O)OCc2ccccc2)C(c2cnc(N3CCOCC3)s2)n2nnnc2N1. The Kier molecular flexibility index (Phi) is 12.4. The van der Waals surface area contributed by atoms with E-state index in [4.69, 9.17) is 14.2 Å². The Labute approximate surface area is 364 Å². The Hall–Kier alpha value is -7.60. The molecule has 0 saturated carbocycles. The number of carbonyl (C=O) groups excluding carboxylic acids is 2. The van der Waals surface area contributed by atoms with Gasteiger partial charge in [0.15, 0.2) is 5.13 Å². The molecule has 0 amide bonds. The fourth-order valence-electron chi connectivity index (χ4n) is 7.12. The molecule has 0 bridgehead atoms. The number of morpholine rings is 1. The standard InChI is InChI=1S/C20H15F3N6O4.C20H21N7O3S/c1-11-16(18(30)33-10-12-5-3-2-4-6-12)17(28-19(24-11)25-26-27-28)14-8-7-13(20(21,22)23)9-15(14)29(31)32;1-13-16(18(28)30-12-14-5-3-2-4-6-14)17(27-19(22-13)23-24-25-27)15-11-21-20(31-15)26-7-9-29-10-8-26/h2-9,17H,10H2,1H3,(H,24,25,27);2-6,11,17H,7-10,12H2,1H3,(H,22,23,25). The van der Waals surface area contributed by atoms with Gasteiger partial charge < -0.3 is 29.7 Å². The van der Waals surface area contributed by atoms with E-state index in [1.165, 1.54) is 18.3 Å². The molecule has 3 aromatic carbocycles. The van der Waals surface area contributed by atoms with Gasteiger partial charge in [-0.2, -0.15) is 22.5 Å². The molecule has 64 heavy (non-hydrogen) atoms. The number of ether oxygens (including phenoxy) is 3. The minimum absolute atomic E-state index is 0.0614. The fraction of sp³-hybridized carbons (Fsp3) is 0.275. The molecule has 0 spiro atoms. The highest BCUT2D eigenvalue weighted by Crippen LogP contribution is 2.42. The summed E-state index contributed by atoms with van der Waals surface area (Å²) >= 11 is 1.52. The molecule has 2 N–H and O–H groups in total.